The summed E-state index contributed by atoms with van der Waals surface area (Å²) < 4.78 is 40.9. The molecule has 0 saturated carbocycles. The molecule has 1 N–H and O–H groups in total. The van der Waals surface area contributed by atoms with Crippen LogP contribution in [-0.2, 0) is 12.7 Å². The van der Waals surface area contributed by atoms with Crippen molar-refractivity contribution in [2.75, 3.05) is 0 Å². The van der Waals surface area contributed by atoms with Crippen LogP contribution in [0.5, 0.6) is 0 Å². The van der Waals surface area contributed by atoms with Gasteiger partial charge in [0.2, 0.25) is 0 Å². The van der Waals surface area contributed by atoms with Crippen molar-refractivity contribution in [1.29, 1.82) is 0 Å². The molecule has 0 bridgehead atoms. The van der Waals surface area contributed by atoms with Gasteiger partial charge in [0.1, 0.15) is 6.10 Å². The molecule has 3 nitrogen and oxygen atoms in total. The van der Waals surface area contributed by atoms with E-state index in [1.54, 1.807) is 4.68 Å². The molecular weight excluding hydrogens is 337 g/mol. The van der Waals surface area contributed by atoms with Crippen LogP contribution < -0.4 is 0 Å². The lowest BCUT2D eigenvalue weighted by molar-refractivity contribution is -0.139. The average Bonchev–Trinajstić information content (AvgIpc) is 2.85. The molecule has 2 aromatic rings. The molecule has 0 fully saturated rings. The molecule has 1 unspecified atom stereocenters. The lowest BCUT2D eigenvalue weighted by Crippen LogP contribution is -2.12. The summed E-state index contributed by atoms with van der Waals surface area (Å²) in [6, 6.07) is 3.70. The highest BCUT2D eigenvalue weighted by molar-refractivity contribution is 9.10. The zero-order valence-electron chi connectivity index (χ0n) is 10.5. The standard InChI is InChI=1S/C13H12BrF3N2O/c1-2-19-7-8(6-18-19)12(20)10-4-3-9(14)5-11(10)13(15,16)17/h3-7,12,20H,2H2,1H3. The van der Waals surface area contributed by atoms with Crippen LogP contribution in [0.1, 0.15) is 29.7 Å². The van der Waals surface area contributed by atoms with Crippen molar-refractivity contribution in [2.45, 2.75) is 25.7 Å². The number of aryl methyl sites for hydroxylation is 1. The molecule has 0 radical (unpaired) electrons. The summed E-state index contributed by atoms with van der Waals surface area (Å²) >= 11 is 3.01. The fourth-order valence-corrected chi connectivity index (χ4v) is 2.25. The van der Waals surface area contributed by atoms with Gasteiger partial charge in [-0.25, -0.2) is 0 Å². The Morgan fingerprint density at radius 1 is 1.40 bits per heavy atom. The highest BCUT2D eigenvalue weighted by Gasteiger charge is 2.35. The Hall–Kier alpha value is -1.34. The monoisotopic (exact) mass is 348 g/mol. The van der Waals surface area contributed by atoms with Crippen molar-refractivity contribution >= 4 is 15.9 Å². The number of alkyl halides is 3. The SMILES string of the molecule is CCn1cc(C(O)c2ccc(Br)cc2C(F)(F)F)cn1. The van der Waals surface area contributed by atoms with Gasteiger partial charge in [-0.3, -0.25) is 4.68 Å². The average molecular weight is 349 g/mol. The summed E-state index contributed by atoms with van der Waals surface area (Å²) in [5, 5.41) is 14.1. The molecule has 1 aromatic heterocycles. The van der Waals surface area contributed by atoms with Crippen LogP contribution in [-0.4, -0.2) is 14.9 Å². The number of aliphatic hydroxyl groups is 1. The minimum atomic E-state index is -4.53. The van der Waals surface area contributed by atoms with Crippen molar-refractivity contribution in [3.05, 3.63) is 51.8 Å². The molecule has 1 aromatic carbocycles. The van der Waals surface area contributed by atoms with E-state index in [-0.39, 0.29) is 5.56 Å². The zero-order valence-corrected chi connectivity index (χ0v) is 12.1. The Bertz CT molecular complexity index is 610. The predicted octanol–water partition coefficient (Wildman–Crippen LogP) is 3.77. The number of nitrogens with zero attached hydrogens (tertiary/aromatic N) is 2. The van der Waals surface area contributed by atoms with E-state index < -0.39 is 17.8 Å². The summed E-state index contributed by atoms with van der Waals surface area (Å²) in [5.41, 5.74) is -0.709. The molecule has 20 heavy (non-hydrogen) atoms. The first-order valence-corrected chi connectivity index (χ1v) is 6.69. The highest BCUT2D eigenvalue weighted by atomic mass is 79.9. The summed E-state index contributed by atoms with van der Waals surface area (Å²) in [6.45, 7) is 2.43. The molecule has 0 aliphatic heterocycles. The first-order chi connectivity index (χ1) is 9.32. The normalized spacial score (nSPS) is 13.5. The number of benzene rings is 1. The van der Waals surface area contributed by atoms with Crippen LogP contribution >= 0.6 is 15.9 Å². The van der Waals surface area contributed by atoms with Crippen molar-refractivity contribution in [3.8, 4) is 0 Å². The Morgan fingerprint density at radius 2 is 2.10 bits per heavy atom. The Morgan fingerprint density at radius 3 is 2.65 bits per heavy atom. The van der Waals surface area contributed by atoms with Crippen LogP contribution in [0, 0.1) is 0 Å². The van der Waals surface area contributed by atoms with E-state index in [1.807, 2.05) is 6.92 Å². The quantitative estimate of drug-likeness (QED) is 0.916. The van der Waals surface area contributed by atoms with Crippen molar-refractivity contribution in [3.63, 3.8) is 0 Å². The van der Waals surface area contributed by atoms with Crippen LogP contribution in [0.3, 0.4) is 0 Å². The van der Waals surface area contributed by atoms with Gasteiger partial charge in [0.05, 0.1) is 11.8 Å². The third-order valence-electron chi connectivity index (χ3n) is 2.91. The minimum absolute atomic E-state index is 0.184. The topological polar surface area (TPSA) is 38.0 Å². The summed E-state index contributed by atoms with van der Waals surface area (Å²) in [5.74, 6) is 0. The molecule has 7 heteroatoms. The minimum Gasteiger partial charge on any atom is -0.384 e. The van der Waals surface area contributed by atoms with Crippen LogP contribution in [0.15, 0.2) is 35.1 Å². The molecule has 1 atom stereocenters. The maximum atomic E-state index is 13.0. The van der Waals surface area contributed by atoms with Gasteiger partial charge in [-0.05, 0) is 24.6 Å². The van der Waals surface area contributed by atoms with E-state index >= 15 is 0 Å². The molecule has 2 rings (SSSR count). The Kier molecular flexibility index (Phi) is 4.19. The third kappa shape index (κ3) is 3.04. The molecule has 108 valence electrons. The van der Waals surface area contributed by atoms with E-state index in [0.29, 0.717) is 16.6 Å². The maximum absolute atomic E-state index is 13.0. The number of halogens is 4. The van der Waals surface area contributed by atoms with Crippen molar-refractivity contribution in [2.24, 2.45) is 0 Å². The van der Waals surface area contributed by atoms with E-state index in [2.05, 4.69) is 21.0 Å². The zero-order chi connectivity index (χ0) is 14.9. The first-order valence-electron chi connectivity index (χ1n) is 5.90. The predicted molar refractivity (Wildman–Crippen MR) is 71.1 cm³/mol. The molecule has 0 aliphatic rings. The van der Waals surface area contributed by atoms with Crippen LogP contribution in [0.4, 0.5) is 13.2 Å². The van der Waals surface area contributed by atoms with Gasteiger partial charge in [0.15, 0.2) is 0 Å². The fraction of sp³-hybridized carbons (Fsp3) is 0.308. The van der Waals surface area contributed by atoms with Gasteiger partial charge in [-0.1, -0.05) is 22.0 Å². The maximum Gasteiger partial charge on any atom is 0.416 e. The third-order valence-corrected chi connectivity index (χ3v) is 3.40. The first kappa shape index (κ1) is 15.1. The van der Waals surface area contributed by atoms with Gasteiger partial charge >= 0.3 is 6.18 Å². The van der Waals surface area contributed by atoms with Crippen molar-refractivity contribution in [1.82, 2.24) is 9.78 Å². The van der Waals surface area contributed by atoms with E-state index in [1.165, 1.54) is 24.5 Å². The molecule has 1 heterocycles. The summed E-state index contributed by atoms with van der Waals surface area (Å²) in [6.07, 6.45) is -2.98. The fourth-order valence-electron chi connectivity index (χ4n) is 1.89. The summed E-state index contributed by atoms with van der Waals surface area (Å²) in [7, 11) is 0. The Labute approximate surface area is 122 Å². The molecule has 0 saturated heterocycles. The van der Waals surface area contributed by atoms with Gasteiger partial charge in [-0.2, -0.15) is 18.3 Å². The van der Waals surface area contributed by atoms with E-state index in [4.69, 9.17) is 0 Å². The molecule has 0 aliphatic carbocycles. The molecular formula is C13H12BrF3N2O. The Balaban J connectivity index is 2.46. The number of aromatic nitrogens is 2. The van der Waals surface area contributed by atoms with E-state index in [0.717, 1.165) is 6.07 Å². The summed E-state index contributed by atoms with van der Waals surface area (Å²) in [4.78, 5) is 0. The highest BCUT2D eigenvalue weighted by Crippen LogP contribution is 2.37. The second kappa shape index (κ2) is 5.57. The lowest BCUT2D eigenvalue weighted by atomic mass is 9.98. The largest absolute Gasteiger partial charge is 0.416 e. The number of hydrogen-bond acceptors (Lipinski definition) is 2. The number of aliphatic hydroxyl groups excluding tert-OH is 1. The number of rotatable bonds is 3. The van der Waals surface area contributed by atoms with Gasteiger partial charge in [0, 0.05) is 22.8 Å². The van der Waals surface area contributed by atoms with Gasteiger partial charge < -0.3 is 5.11 Å². The van der Waals surface area contributed by atoms with Crippen molar-refractivity contribution < 1.29 is 18.3 Å². The van der Waals surface area contributed by atoms with Gasteiger partial charge in [-0.15, -0.1) is 0 Å². The van der Waals surface area contributed by atoms with Crippen LogP contribution in [0.25, 0.3) is 0 Å². The second-order valence-electron chi connectivity index (χ2n) is 4.26. The van der Waals surface area contributed by atoms with Crippen LogP contribution in [0.2, 0.25) is 0 Å². The van der Waals surface area contributed by atoms with E-state index in [9.17, 15) is 18.3 Å². The molecule has 0 spiro atoms. The second-order valence-corrected chi connectivity index (χ2v) is 5.18. The van der Waals surface area contributed by atoms with Gasteiger partial charge in [0.25, 0.3) is 0 Å². The lowest BCUT2D eigenvalue weighted by Gasteiger charge is -2.17. The molecule has 0 amide bonds. The smallest absolute Gasteiger partial charge is 0.384 e. The number of hydrogen-bond donors (Lipinski definition) is 1.